The fourth-order valence-corrected chi connectivity index (χ4v) is 4.33. The van der Waals surface area contributed by atoms with Crippen LogP contribution < -0.4 is 19.9 Å². The van der Waals surface area contributed by atoms with Gasteiger partial charge in [0.25, 0.3) is 5.91 Å². The van der Waals surface area contributed by atoms with Gasteiger partial charge in [0.05, 0.1) is 24.3 Å². The summed E-state index contributed by atoms with van der Waals surface area (Å²) in [5, 5.41) is 17.9. The van der Waals surface area contributed by atoms with Gasteiger partial charge in [-0.05, 0) is 43.7 Å². The van der Waals surface area contributed by atoms with E-state index in [9.17, 15) is 10.1 Å². The molecule has 0 saturated carbocycles. The summed E-state index contributed by atoms with van der Waals surface area (Å²) < 4.78 is 17.0. The van der Waals surface area contributed by atoms with Crippen LogP contribution in [0.15, 0.2) is 53.9 Å². The molecule has 0 unspecified atom stereocenters. The highest BCUT2D eigenvalue weighted by molar-refractivity contribution is 6.30. The van der Waals surface area contributed by atoms with Crippen LogP contribution in [0, 0.1) is 11.3 Å². The highest BCUT2D eigenvalue weighted by Crippen LogP contribution is 2.47. The van der Waals surface area contributed by atoms with E-state index in [2.05, 4.69) is 16.3 Å². The van der Waals surface area contributed by atoms with Crippen molar-refractivity contribution >= 4 is 17.5 Å². The Morgan fingerprint density at radius 1 is 1.22 bits per heavy atom. The van der Waals surface area contributed by atoms with Gasteiger partial charge in [0, 0.05) is 23.7 Å². The van der Waals surface area contributed by atoms with E-state index < -0.39 is 5.92 Å². The van der Waals surface area contributed by atoms with Gasteiger partial charge in [-0.25, -0.2) is 0 Å². The number of allylic oxidation sites excluding steroid dienone is 1. The van der Waals surface area contributed by atoms with Crippen molar-refractivity contribution in [2.24, 2.45) is 5.73 Å². The van der Waals surface area contributed by atoms with Crippen molar-refractivity contribution < 1.29 is 19.0 Å². The van der Waals surface area contributed by atoms with Crippen LogP contribution in [0.5, 0.6) is 17.4 Å². The first kappa shape index (κ1) is 24.9. The van der Waals surface area contributed by atoms with Gasteiger partial charge in [-0.15, -0.1) is 5.10 Å². The number of fused-ring (bicyclic) bond motifs is 1. The molecule has 36 heavy (non-hydrogen) atoms. The molecule has 0 radical (unpaired) electrons. The van der Waals surface area contributed by atoms with Crippen LogP contribution in [0.2, 0.25) is 5.02 Å². The van der Waals surface area contributed by atoms with Crippen molar-refractivity contribution in [2.75, 3.05) is 26.8 Å². The van der Waals surface area contributed by atoms with Crippen molar-refractivity contribution in [2.45, 2.75) is 19.8 Å². The molecule has 2 heterocycles. The number of H-pyrrole nitrogens is 1. The molecule has 1 aromatic heterocycles. The predicted molar refractivity (Wildman–Crippen MR) is 135 cm³/mol. The highest BCUT2D eigenvalue weighted by atomic mass is 35.5. The number of rotatable bonds is 8. The van der Waals surface area contributed by atoms with Crippen LogP contribution in [0.3, 0.4) is 0 Å². The molecule has 0 aliphatic carbocycles. The van der Waals surface area contributed by atoms with E-state index in [0.29, 0.717) is 40.9 Å². The van der Waals surface area contributed by atoms with E-state index in [-0.39, 0.29) is 29.9 Å². The topological polar surface area (TPSA) is 126 Å². The van der Waals surface area contributed by atoms with E-state index in [1.54, 1.807) is 29.2 Å². The van der Waals surface area contributed by atoms with Crippen LogP contribution in [-0.2, 0) is 4.79 Å². The molecule has 1 aliphatic heterocycles. The van der Waals surface area contributed by atoms with Gasteiger partial charge in [-0.1, -0.05) is 29.8 Å². The zero-order chi connectivity index (χ0) is 25.8. The highest BCUT2D eigenvalue weighted by Gasteiger charge is 2.36. The molecule has 1 aliphatic rings. The summed E-state index contributed by atoms with van der Waals surface area (Å²) in [6.07, 6.45) is 0. The Labute approximate surface area is 214 Å². The van der Waals surface area contributed by atoms with Gasteiger partial charge < -0.3 is 24.8 Å². The Bertz CT molecular complexity index is 1340. The second-order valence-corrected chi connectivity index (χ2v) is 8.45. The average molecular weight is 508 g/mol. The van der Waals surface area contributed by atoms with Crippen LogP contribution >= 0.6 is 11.6 Å². The number of halogens is 1. The van der Waals surface area contributed by atoms with Gasteiger partial charge in [-0.2, -0.15) is 5.26 Å². The van der Waals surface area contributed by atoms with Crippen molar-refractivity contribution in [3.63, 3.8) is 0 Å². The molecular formula is C26H26ClN5O4. The lowest BCUT2D eigenvalue weighted by Crippen LogP contribution is -2.34. The third kappa shape index (κ3) is 4.68. The van der Waals surface area contributed by atoms with Crippen LogP contribution in [0.25, 0.3) is 11.3 Å². The number of likely N-dealkylation sites (N-methyl/N-ethyl adjacent to an activating group) is 1. The van der Waals surface area contributed by atoms with E-state index in [0.717, 1.165) is 11.1 Å². The Hall–Kier alpha value is -4.16. The van der Waals surface area contributed by atoms with Crippen LogP contribution in [0.4, 0.5) is 0 Å². The second-order valence-electron chi connectivity index (χ2n) is 8.01. The summed E-state index contributed by atoms with van der Waals surface area (Å²) in [7, 11) is 1.51. The average Bonchev–Trinajstić information content (AvgIpc) is 3.30. The molecule has 2 aromatic carbocycles. The monoisotopic (exact) mass is 507 g/mol. The van der Waals surface area contributed by atoms with Gasteiger partial charge in [0.15, 0.2) is 18.1 Å². The lowest BCUT2D eigenvalue weighted by molar-refractivity contribution is -0.132. The van der Waals surface area contributed by atoms with Crippen molar-refractivity contribution in [1.82, 2.24) is 15.1 Å². The number of methoxy groups -OCH3 is 1. The quantitative estimate of drug-likeness (QED) is 0.467. The lowest BCUT2D eigenvalue weighted by atomic mass is 9.83. The Kier molecular flexibility index (Phi) is 7.36. The number of aromatic nitrogens is 2. The molecule has 9 nitrogen and oxygen atoms in total. The summed E-state index contributed by atoms with van der Waals surface area (Å²) in [4.78, 5) is 14.1. The first-order chi connectivity index (χ1) is 17.4. The fourth-order valence-electron chi connectivity index (χ4n) is 4.21. The zero-order valence-electron chi connectivity index (χ0n) is 20.2. The summed E-state index contributed by atoms with van der Waals surface area (Å²) >= 11 is 6.07. The molecule has 0 bridgehead atoms. The van der Waals surface area contributed by atoms with Crippen molar-refractivity contribution in [3.8, 4) is 34.7 Å². The number of amides is 1. The smallest absolute Gasteiger partial charge is 0.260 e. The van der Waals surface area contributed by atoms with Crippen molar-refractivity contribution in [3.05, 3.63) is 70.1 Å². The molecule has 0 spiro atoms. The Balaban J connectivity index is 1.74. The number of benzene rings is 2. The summed E-state index contributed by atoms with van der Waals surface area (Å²) in [5.74, 6) is 0.394. The Morgan fingerprint density at radius 3 is 2.58 bits per heavy atom. The number of nitrogens with two attached hydrogens (primary N) is 1. The van der Waals surface area contributed by atoms with Gasteiger partial charge in [-0.3, -0.25) is 9.89 Å². The van der Waals surface area contributed by atoms with Gasteiger partial charge >= 0.3 is 0 Å². The SMILES string of the molecule is CCN(CC)C(=O)COc1ccc([C@H]2C(C#N)=C(N)Oc3n[nH]c(-c4ccc(Cl)cc4)c32)cc1OC. The van der Waals surface area contributed by atoms with E-state index in [1.165, 1.54) is 7.11 Å². The number of nitrogens with zero attached hydrogens (tertiary/aromatic N) is 3. The number of hydrogen-bond acceptors (Lipinski definition) is 7. The molecule has 10 heteroatoms. The maximum absolute atomic E-state index is 12.4. The minimum absolute atomic E-state index is 0.0201. The fraction of sp³-hybridized carbons (Fsp3) is 0.269. The number of aromatic amines is 1. The first-order valence-corrected chi connectivity index (χ1v) is 11.8. The van der Waals surface area contributed by atoms with Crippen LogP contribution in [-0.4, -0.2) is 47.8 Å². The standard InChI is InChI=1S/C26H26ClN5O4/c1-4-32(5-2)21(33)14-35-19-11-8-16(12-20(19)34-3)22-18(13-28)25(29)36-26-23(22)24(30-31-26)15-6-9-17(27)10-7-15/h6-12,22H,4-5,14,29H2,1-3H3,(H,30,31)/t22-/m0/s1. The van der Waals surface area contributed by atoms with E-state index >= 15 is 0 Å². The predicted octanol–water partition coefficient (Wildman–Crippen LogP) is 4.20. The first-order valence-electron chi connectivity index (χ1n) is 11.4. The number of hydrogen-bond donors (Lipinski definition) is 2. The van der Waals surface area contributed by atoms with E-state index in [1.807, 2.05) is 32.0 Å². The second kappa shape index (κ2) is 10.6. The maximum Gasteiger partial charge on any atom is 0.260 e. The number of nitriles is 1. The molecule has 186 valence electrons. The third-order valence-electron chi connectivity index (χ3n) is 6.06. The van der Waals surface area contributed by atoms with Gasteiger partial charge in [0.1, 0.15) is 11.6 Å². The summed E-state index contributed by atoms with van der Waals surface area (Å²) in [6.45, 7) is 4.92. The summed E-state index contributed by atoms with van der Waals surface area (Å²) in [5.41, 5.74) is 9.22. The third-order valence-corrected chi connectivity index (χ3v) is 6.31. The van der Waals surface area contributed by atoms with Crippen molar-refractivity contribution in [1.29, 1.82) is 5.26 Å². The summed E-state index contributed by atoms with van der Waals surface area (Å²) in [6, 6.07) is 14.7. The molecule has 0 fully saturated rings. The van der Waals surface area contributed by atoms with E-state index in [4.69, 9.17) is 31.5 Å². The number of ether oxygens (including phenoxy) is 3. The Morgan fingerprint density at radius 2 is 1.94 bits per heavy atom. The van der Waals surface area contributed by atoms with Gasteiger partial charge in [0.2, 0.25) is 11.8 Å². The number of carbonyl (C=O) groups is 1. The largest absolute Gasteiger partial charge is 0.493 e. The molecule has 3 aromatic rings. The lowest BCUT2D eigenvalue weighted by Gasteiger charge is -2.25. The van der Waals surface area contributed by atoms with Crippen LogP contribution in [0.1, 0.15) is 30.9 Å². The molecule has 3 N–H and O–H groups in total. The molecule has 1 amide bonds. The minimum Gasteiger partial charge on any atom is -0.493 e. The normalized spacial score (nSPS) is 14.5. The number of nitrogens with one attached hydrogen (secondary N) is 1. The minimum atomic E-state index is -0.580. The molecule has 4 rings (SSSR count). The number of carbonyl (C=O) groups excluding carboxylic acids is 1. The molecule has 0 saturated heterocycles. The maximum atomic E-state index is 12.4. The molecular weight excluding hydrogens is 482 g/mol. The zero-order valence-corrected chi connectivity index (χ0v) is 20.9. The molecule has 1 atom stereocenters.